The molecular weight excluding hydrogens is 432 g/mol. The standard InChI is InChI=1S/C27H30N2O3S/c1-21-8-14-26(15-9-21)33(31,32)29-18-16-25(17-19-29)27(30)28(2)20-22-10-12-24(13-11-22)23-6-4-3-5-7-23/h3-15,25H,16-20H2,1-2H3. The summed E-state index contributed by atoms with van der Waals surface area (Å²) in [4.78, 5) is 15.1. The number of carbonyl (C=O) groups excluding carboxylic acids is 1. The largest absolute Gasteiger partial charge is 0.341 e. The lowest BCUT2D eigenvalue weighted by molar-refractivity contribution is -0.135. The second kappa shape index (κ2) is 9.89. The van der Waals surface area contributed by atoms with Gasteiger partial charge in [0.25, 0.3) is 0 Å². The quantitative estimate of drug-likeness (QED) is 0.533. The molecule has 6 heteroatoms. The van der Waals surface area contributed by atoms with Gasteiger partial charge >= 0.3 is 0 Å². The number of carbonyl (C=O) groups is 1. The molecule has 1 aliphatic heterocycles. The predicted octanol–water partition coefficient (Wildman–Crippen LogP) is 4.72. The van der Waals surface area contributed by atoms with Crippen molar-refractivity contribution in [1.29, 1.82) is 0 Å². The summed E-state index contributed by atoms with van der Waals surface area (Å²) in [5, 5.41) is 0. The van der Waals surface area contributed by atoms with Gasteiger partial charge in [-0.3, -0.25) is 4.79 Å². The average Bonchev–Trinajstić information content (AvgIpc) is 2.85. The van der Waals surface area contributed by atoms with E-state index >= 15 is 0 Å². The third-order valence-electron chi connectivity index (χ3n) is 6.32. The second-order valence-corrected chi connectivity index (χ2v) is 10.7. The van der Waals surface area contributed by atoms with Crippen LogP contribution in [-0.4, -0.2) is 43.7 Å². The molecule has 3 aromatic carbocycles. The molecule has 0 aromatic heterocycles. The van der Waals surface area contributed by atoms with E-state index in [1.807, 2.05) is 44.3 Å². The van der Waals surface area contributed by atoms with E-state index in [1.165, 1.54) is 9.87 Å². The van der Waals surface area contributed by atoms with Crippen LogP contribution in [0.1, 0.15) is 24.0 Å². The van der Waals surface area contributed by atoms with Gasteiger partial charge in [0, 0.05) is 32.6 Å². The van der Waals surface area contributed by atoms with Crippen molar-refractivity contribution in [2.24, 2.45) is 5.92 Å². The highest BCUT2D eigenvalue weighted by atomic mass is 32.2. The summed E-state index contributed by atoms with van der Waals surface area (Å²) >= 11 is 0. The summed E-state index contributed by atoms with van der Waals surface area (Å²) in [5.41, 5.74) is 4.41. The van der Waals surface area contributed by atoms with E-state index in [1.54, 1.807) is 17.0 Å². The summed E-state index contributed by atoms with van der Waals surface area (Å²) in [6.07, 6.45) is 1.09. The summed E-state index contributed by atoms with van der Waals surface area (Å²) in [6, 6.07) is 25.4. The van der Waals surface area contributed by atoms with Crippen LogP contribution in [0.5, 0.6) is 0 Å². The molecule has 4 rings (SSSR count). The van der Waals surface area contributed by atoms with E-state index in [9.17, 15) is 13.2 Å². The Morgan fingerprint density at radius 3 is 2.06 bits per heavy atom. The molecule has 0 spiro atoms. The van der Waals surface area contributed by atoms with Crippen molar-refractivity contribution in [3.05, 3.63) is 90.0 Å². The summed E-state index contributed by atoms with van der Waals surface area (Å²) < 4.78 is 27.3. The summed E-state index contributed by atoms with van der Waals surface area (Å²) in [6.45, 7) is 3.20. The molecule has 0 unspecified atom stereocenters. The van der Waals surface area contributed by atoms with Gasteiger partial charge < -0.3 is 4.90 Å². The Bertz CT molecular complexity index is 1180. The van der Waals surface area contributed by atoms with Crippen LogP contribution in [0.15, 0.2) is 83.8 Å². The molecule has 1 aliphatic rings. The van der Waals surface area contributed by atoms with Crippen molar-refractivity contribution in [1.82, 2.24) is 9.21 Å². The molecule has 1 saturated heterocycles. The molecule has 0 N–H and O–H groups in total. The van der Waals surface area contributed by atoms with Crippen molar-refractivity contribution in [3.63, 3.8) is 0 Å². The predicted molar refractivity (Wildman–Crippen MR) is 131 cm³/mol. The number of nitrogens with zero attached hydrogens (tertiary/aromatic N) is 2. The molecule has 1 fully saturated rings. The number of piperidine rings is 1. The third-order valence-corrected chi connectivity index (χ3v) is 8.23. The minimum Gasteiger partial charge on any atom is -0.341 e. The highest BCUT2D eigenvalue weighted by Gasteiger charge is 2.33. The Labute approximate surface area is 196 Å². The number of amides is 1. The van der Waals surface area contributed by atoms with Gasteiger partial charge in [-0.2, -0.15) is 4.31 Å². The van der Waals surface area contributed by atoms with Crippen LogP contribution in [0.25, 0.3) is 11.1 Å². The van der Waals surface area contributed by atoms with E-state index in [0.717, 1.165) is 16.7 Å². The molecule has 0 bridgehead atoms. The molecule has 1 amide bonds. The SMILES string of the molecule is Cc1ccc(S(=O)(=O)N2CCC(C(=O)N(C)Cc3ccc(-c4ccccc4)cc3)CC2)cc1. The van der Waals surface area contributed by atoms with Crippen LogP contribution < -0.4 is 0 Å². The van der Waals surface area contributed by atoms with Crippen molar-refractivity contribution in [2.45, 2.75) is 31.2 Å². The Kier molecular flexibility index (Phi) is 6.96. The van der Waals surface area contributed by atoms with Gasteiger partial charge in [-0.15, -0.1) is 0 Å². The highest BCUT2D eigenvalue weighted by molar-refractivity contribution is 7.89. The van der Waals surface area contributed by atoms with Crippen LogP contribution in [0.2, 0.25) is 0 Å². The molecule has 1 heterocycles. The van der Waals surface area contributed by atoms with Gasteiger partial charge in [-0.05, 0) is 48.6 Å². The normalized spacial score (nSPS) is 15.3. The van der Waals surface area contributed by atoms with Crippen LogP contribution in [0.4, 0.5) is 0 Å². The van der Waals surface area contributed by atoms with Crippen molar-refractivity contribution < 1.29 is 13.2 Å². The highest BCUT2D eigenvalue weighted by Crippen LogP contribution is 2.26. The fraction of sp³-hybridized carbons (Fsp3) is 0.296. The van der Waals surface area contributed by atoms with E-state index < -0.39 is 10.0 Å². The Morgan fingerprint density at radius 2 is 1.45 bits per heavy atom. The Balaban J connectivity index is 1.33. The van der Waals surface area contributed by atoms with Gasteiger partial charge in [0.1, 0.15) is 0 Å². The molecule has 33 heavy (non-hydrogen) atoms. The average molecular weight is 463 g/mol. The number of sulfonamides is 1. The van der Waals surface area contributed by atoms with Crippen molar-refractivity contribution in [3.8, 4) is 11.1 Å². The van der Waals surface area contributed by atoms with Gasteiger partial charge in [0.05, 0.1) is 4.90 Å². The molecule has 3 aromatic rings. The Morgan fingerprint density at radius 1 is 0.879 bits per heavy atom. The third kappa shape index (κ3) is 5.34. The smallest absolute Gasteiger partial charge is 0.243 e. The maximum Gasteiger partial charge on any atom is 0.243 e. The first-order chi connectivity index (χ1) is 15.8. The first-order valence-electron chi connectivity index (χ1n) is 11.3. The zero-order valence-electron chi connectivity index (χ0n) is 19.1. The fourth-order valence-electron chi connectivity index (χ4n) is 4.30. The van der Waals surface area contributed by atoms with Crippen LogP contribution in [0, 0.1) is 12.8 Å². The molecule has 0 aliphatic carbocycles. The maximum atomic E-state index is 13.0. The first kappa shape index (κ1) is 23.2. The minimum atomic E-state index is -3.52. The molecule has 0 radical (unpaired) electrons. The van der Waals surface area contributed by atoms with E-state index in [0.29, 0.717) is 37.4 Å². The van der Waals surface area contributed by atoms with Gasteiger partial charge in [-0.25, -0.2) is 8.42 Å². The number of rotatable bonds is 6. The lowest BCUT2D eigenvalue weighted by Crippen LogP contribution is -2.43. The molecule has 0 atom stereocenters. The summed E-state index contributed by atoms with van der Waals surface area (Å²) in [7, 11) is -1.69. The monoisotopic (exact) mass is 462 g/mol. The zero-order chi connectivity index (χ0) is 23.4. The van der Waals surface area contributed by atoms with E-state index in [-0.39, 0.29) is 11.8 Å². The van der Waals surface area contributed by atoms with Crippen molar-refractivity contribution in [2.75, 3.05) is 20.1 Å². The number of benzene rings is 3. The summed E-state index contributed by atoms with van der Waals surface area (Å²) in [5.74, 6) is -0.0717. The van der Waals surface area contributed by atoms with Crippen LogP contribution in [-0.2, 0) is 21.4 Å². The van der Waals surface area contributed by atoms with Crippen molar-refractivity contribution >= 4 is 15.9 Å². The first-order valence-corrected chi connectivity index (χ1v) is 12.7. The Hall–Kier alpha value is -2.96. The zero-order valence-corrected chi connectivity index (χ0v) is 20.0. The molecule has 5 nitrogen and oxygen atoms in total. The van der Waals surface area contributed by atoms with Crippen LogP contribution in [0.3, 0.4) is 0 Å². The van der Waals surface area contributed by atoms with Gasteiger partial charge in [0.15, 0.2) is 0 Å². The lowest BCUT2D eigenvalue weighted by atomic mass is 9.96. The number of hydrogen-bond acceptors (Lipinski definition) is 3. The second-order valence-electron chi connectivity index (χ2n) is 8.75. The van der Waals surface area contributed by atoms with Gasteiger partial charge in [0.2, 0.25) is 15.9 Å². The maximum absolute atomic E-state index is 13.0. The van der Waals surface area contributed by atoms with Crippen LogP contribution >= 0.6 is 0 Å². The topological polar surface area (TPSA) is 57.7 Å². The fourth-order valence-corrected chi connectivity index (χ4v) is 5.77. The lowest BCUT2D eigenvalue weighted by Gasteiger charge is -2.32. The number of aryl methyl sites for hydroxylation is 1. The molecule has 0 saturated carbocycles. The van der Waals surface area contributed by atoms with Gasteiger partial charge in [-0.1, -0.05) is 72.3 Å². The minimum absolute atomic E-state index is 0.0783. The van der Waals surface area contributed by atoms with E-state index in [4.69, 9.17) is 0 Å². The molecular formula is C27H30N2O3S. The van der Waals surface area contributed by atoms with E-state index in [2.05, 4.69) is 36.4 Å². The number of hydrogen-bond donors (Lipinski definition) is 0. The molecule has 172 valence electrons.